The van der Waals surface area contributed by atoms with Crippen LogP contribution < -0.4 is 21.3 Å². The van der Waals surface area contributed by atoms with Gasteiger partial charge in [0.15, 0.2) is 23.8 Å². The van der Waals surface area contributed by atoms with Gasteiger partial charge >= 0.3 is 35.9 Å². The summed E-state index contributed by atoms with van der Waals surface area (Å²) in [5.41, 5.74) is 6.04. The second kappa shape index (κ2) is 30.6. The lowest BCUT2D eigenvalue weighted by Crippen LogP contribution is -2.39. The van der Waals surface area contributed by atoms with Crippen LogP contribution in [0.1, 0.15) is 121 Å². The number of allylic oxidation sites excluding steroid dienone is 20. The van der Waals surface area contributed by atoms with E-state index in [4.69, 9.17) is 19.7 Å². The molecule has 0 aromatic carbocycles. The highest BCUT2D eigenvalue weighted by Crippen LogP contribution is 2.42. The Hall–Kier alpha value is -7.10. The van der Waals surface area contributed by atoms with Gasteiger partial charge in [-0.3, -0.25) is 28.8 Å². The topological polar surface area (TPSA) is 244 Å². The van der Waals surface area contributed by atoms with E-state index in [-0.39, 0.29) is 63.4 Å². The van der Waals surface area contributed by atoms with Crippen molar-refractivity contribution in [3.8, 4) is 0 Å². The first kappa shape index (κ1) is 61.0. The van der Waals surface area contributed by atoms with Crippen molar-refractivity contribution in [3.05, 3.63) is 130 Å². The lowest BCUT2D eigenvalue weighted by Gasteiger charge is -2.36. The van der Waals surface area contributed by atoms with E-state index in [1.54, 1.807) is 13.8 Å². The fourth-order valence-electron chi connectivity index (χ4n) is 7.75. The van der Waals surface area contributed by atoms with E-state index in [9.17, 15) is 38.4 Å². The van der Waals surface area contributed by atoms with Crippen molar-refractivity contribution in [2.75, 3.05) is 26.2 Å². The van der Waals surface area contributed by atoms with Gasteiger partial charge in [0, 0.05) is 51.9 Å². The number of hydrogen-bond acceptors (Lipinski definition) is 10. The zero-order valence-corrected chi connectivity index (χ0v) is 43.7. The van der Waals surface area contributed by atoms with Crippen LogP contribution in [0.3, 0.4) is 0 Å². The molecule has 2 unspecified atom stereocenters. The zero-order valence-electron chi connectivity index (χ0n) is 43.7. The lowest BCUT2D eigenvalue weighted by atomic mass is 9.71. The fourth-order valence-corrected chi connectivity index (χ4v) is 7.75. The molecule has 0 heterocycles. The monoisotopic (exact) mass is 997 g/mol. The summed E-state index contributed by atoms with van der Waals surface area (Å²) in [7, 11) is 0. The molecule has 0 aromatic heterocycles. The fraction of sp³-hybridized carbons (Fsp3) is 0.464. The average molecular weight is 997 g/mol. The number of Topliss-reactive ketones (excluding diaryl/α,β-unsaturated/α-hetero) is 2. The Morgan fingerprint density at radius 3 is 1.18 bits per heavy atom. The molecule has 0 fully saturated rings. The summed E-state index contributed by atoms with van der Waals surface area (Å²) in [5.74, 6) is -3.56. The number of nitrogens with one attached hydrogen (secondary N) is 4. The minimum Gasteiger partial charge on any atom is -0.481 e. The third-order valence-electron chi connectivity index (χ3n) is 11.8. The smallest absolute Gasteiger partial charge is 0.314 e. The highest BCUT2D eigenvalue weighted by atomic mass is 16.6. The van der Waals surface area contributed by atoms with E-state index in [2.05, 4.69) is 21.3 Å². The first-order valence-corrected chi connectivity index (χ1v) is 24.3. The Labute approximate surface area is 425 Å². The van der Waals surface area contributed by atoms with Gasteiger partial charge in [-0.2, -0.15) is 0 Å². The molecule has 0 saturated carbocycles. The molecule has 2 rings (SSSR count). The summed E-state index contributed by atoms with van der Waals surface area (Å²) in [5, 5.41) is 27.3. The van der Waals surface area contributed by atoms with Crippen LogP contribution in [0.2, 0.25) is 0 Å². The predicted octanol–water partition coefficient (Wildman–Crippen LogP) is 9.12. The van der Waals surface area contributed by atoms with Crippen molar-refractivity contribution < 1.29 is 58.0 Å². The van der Waals surface area contributed by atoms with Crippen molar-refractivity contribution in [1.82, 2.24) is 21.3 Å². The lowest BCUT2D eigenvalue weighted by molar-refractivity contribution is -0.156. The molecule has 0 aromatic rings. The molecule has 2 atom stereocenters. The second-order valence-electron chi connectivity index (χ2n) is 19.2. The van der Waals surface area contributed by atoms with Gasteiger partial charge in [-0.15, -0.1) is 0 Å². The highest BCUT2D eigenvalue weighted by molar-refractivity contribution is 6.02. The molecule has 0 aliphatic heterocycles. The van der Waals surface area contributed by atoms with Gasteiger partial charge in [0.05, 0.1) is 12.8 Å². The molecular formula is C56H76N4O12. The molecule has 0 saturated heterocycles. The maximum Gasteiger partial charge on any atom is 0.314 e. The maximum absolute atomic E-state index is 13.3. The summed E-state index contributed by atoms with van der Waals surface area (Å²) < 4.78 is 11.2. The Morgan fingerprint density at radius 2 is 0.833 bits per heavy atom. The maximum atomic E-state index is 13.3. The predicted molar refractivity (Wildman–Crippen MR) is 278 cm³/mol. The molecule has 16 nitrogen and oxygen atoms in total. The normalized spacial score (nSPS) is 19.0. The number of esters is 2. The molecular weight excluding hydrogens is 921 g/mol. The molecule has 72 heavy (non-hydrogen) atoms. The number of carboxylic acids is 2. The van der Waals surface area contributed by atoms with Gasteiger partial charge in [-0.1, -0.05) is 135 Å². The van der Waals surface area contributed by atoms with Crippen LogP contribution in [0.4, 0.5) is 9.59 Å². The average Bonchev–Trinajstić information content (AvgIpc) is 3.28. The minimum atomic E-state index is -1.02. The number of hydrogen-bond donors (Lipinski definition) is 6. The van der Waals surface area contributed by atoms with Crippen molar-refractivity contribution in [2.24, 2.45) is 10.8 Å². The third-order valence-corrected chi connectivity index (χ3v) is 11.8. The number of carbonyl (C=O) groups excluding carboxylic acids is 6. The molecule has 392 valence electrons. The molecule has 6 N–H and O–H groups in total. The third kappa shape index (κ3) is 23.2. The van der Waals surface area contributed by atoms with Crippen LogP contribution in [0.5, 0.6) is 0 Å². The SMILES string of the molecule is CC(C=CC=C(C)C=CC1=C(C)C(=O)C(OC(=O)CCCNC(=O)NCCC(=O)O)CC1(C)C)=CC=CC=C(C)C=CC=C(C)C=CC1=C(C)C(=O)C(OC(=O)CCCNC(=O)NCCC(=O)O)CC1(C)C. The summed E-state index contributed by atoms with van der Waals surface area (Å²) in [6, 6.07) is -1.04. The number of carboxylic acid groups (broad SMARTS) is 2. The quantitative estimate of drug-likeness (QED) is 0.0270. The Bertz CT molecular complexity index is 2200. The van der Waals surface area contributed by atoms with Crippen LogP contribution in [-0.4, -0.2) is 96.1 Å². The van der Waals surface area contributed by atoms with E-state index < -0.39 is 59.0 Å². The van der Waals surface area contributed by atoms with Crippen LogP contribution in [-0.2, 0) is 38.2 Å². The Balaban J connectivity index is 1.88. The Kier molecular flexibility index (Phi) is 25.9. The minimum absolute atomic E-state index is 0.00308. The number of urea groups is 2. The zero-order chi connectivity index (χ0) is 54.0. The Morgan fingerprint density at radius 1 is 0.514 bits per heavy atom. The van der Waals surface area contributed by atoms with Crippen LogP contribution in [0, 0.1) is 10.8 Å². The second-order valence-corrected chi connectivity index (χ2v) is 19.2. The summed E-state index contributed by atoms with van der Waals surface area (Å²) >= 11 is 0. The van der Waals surface area contributed by atoms with Gasteiger partial charge in [-0.05, 0) is 87.5 Å². The van der Waals surface area contributed by atoms with Gasteiger partial charge in [0.25, 0.3) is 0 Å². The summed E-state index contributed by atoms with van der Waals surface area (Å²) in [6.07, 6.45) is 26.8. The van der Waals surface area contributed by atoms with Gasteiger partial charge in [0.1, 0.15) is 0 Å². The molecule has 4 amide bonds. The molecule has 0 radical (unpaired) electrons. The van der Waals surface area contributed by atoms with E-state index in [1.165, 1.54) is 0 Å². The van der Waals surface area contributed by atoms with Crippen LogP contribution >= 0.6 is 0 Å². The number of aliphatic carboxylic acids is 2. The molecule has 2 aliphatic carbocycles. The number of ether oxygens (including phenoxy) is 2. The first-order chi connectivity index (χ1) is 33.8. The van der Waals surface area contributed by atoms with Crippen molar-refractivity contribution in [1.29, 1.82) is 0 Å². The van der Waals surface area contributed by atoms with Crippen molar-refractivity contribution in [3.63, 3.8) is 0 Å². The van der Waals surface area contributed by atoms with Gasteiger partial charge in [-0.25, -0.2) is 9.59 Å². The van der Waals surface area contributed by atoms with Crippen molar-refractivity contribution >= 4 is 47.5 Å². The first-order valence-electron chi connectivity index (χ1n) is 24.3. The van der Waals surface area contributed by atoms with Crippen LogP contribution in [0.25, 0.3) is 0 Å². The highest BCUT2D eigenvalue weighted by Gasteiger charge is 2.41. The van der Waals surface area contributed by atoms with Crippen molar-refractivity contribution in [2.45, 2.75) is 133 Å². The van der Waals surface area contributed by atoms with E-state index >= 15 is 0 Å². The number of amides is 4. The number of rotatable bonds is 26. The molecule has 16 heteroatoms. The molecule has 0 bridgehead atoms. The van der Waals surface area contributed by atoms with Crippen LogP contribution in [0.15, 0.2) is 130 Å². The number of ketones is 2. The molecule has 0 spiro atoms. The van der Waals surface area contributed by atoms with E-state index in [1.807, 2.05) is 140 Å². The van der Waals surface area contributed by atoms with Gasteiger partial charge < -0.3 is 41.0 Å². The standard InChI is InChI=1S/C56H76N4O12/c1-37(19-13-21-39(3)25-27-43-41(5)51(67)45(35-55(43,7)8)71-49(65)23-15-31-57-53(69)59-33-29-47(61)62)17-11-12-18-38(2)20-14-22-40(4)26-28-44-42(6)52(68)46(36-56(44,9)10)72-50(66)24-16-32-58-54(70)60-34-30-48(63)64/h11-14,17-22,25-28,45-46H,15-16,23-24,29-36H2,1-10H3,(H,61,62)(H,63,64)(H2,57,59,69)(H2,58,60,70). The molecule has 2 aliphatic rings. The summed E-state index contributed by atoms with van der Waals surface area (Å²) in [6.45, 7) is 19.9. The largest absolute Gasteiger partial charge is 0.481 e. The number of carbonyl (C=O) groups is 8. The van der Waals surface area contributed by atoms with E-state index in [0.29, 0.717) is 36.8 Å². The van der Waals surface area contributed by atoms with E-state index in [0.717, 1.165) is 33.4 Å². The summed E-state index contributed by atoms with van der Waals surface area (Å²) in [4.78, 5) is 96.2. The van der Waals surface area contributed by atoms with Gasteiger partial charge in [0.2, 0.25) is 0 Å².